The number of halogens is 2. The van der Waals surface area contributed by atoms with E-state index in [1.54, 1.807) is 18.2 Å². The van der Waals surface area contributed by atoms with Crippen molar-refractivity contribution in [2.24, 2.45) is 0 Å². The van der Waals surface area contributed by atoms with Gasteiger partial charge in [-0.1, -0.05) is 41.6 Å². The van der Waals surface area contributed by atoms with Crippen LogP contribution in [0, 0.1) is 13.8 Å². The normalized spacial score (nSPS) is 11.9. The smallest absolute Gasteiger partial charge is 0.340 e. The molecular weight excluding hydrogens is 360 g/mol. The second kappa shape index (κ2) is 8.80. The van der Waals surface area contributed by atoms with E-state index in [0.717, 1.165) is 11.1 Å². The van der Waals surface area contributed by atoms with Gasteiger partial charge in [0.1, 0.15) is 0 Å². The van der Waals surface area contributed by atoms with Crippen molar-refractivity contribution in [1.29, 1.82) is 0 Å². The summed E-state index contributed by atoms with van der Waals surface area (Å²) in [6.07, 6.45) is -1.08. The van der Waals surface area contributed by atoms with E-state index in [9.17, 15) is 18.4 Å². The molecule has 0 radical (unpaired) electrons. The summed E-state index contributed by atoms with van der Waals surface area (Å²) in [5.41, 5.74) is 2.57. The SMILES string of the molecule is Cc1ccc(NC(=O)[C@@H](C)OC(=O)c2ccccc2SC(F)F)c(C)c1. The minimum atomic E-state index is -2.66. The molecule has 1 N–H and O–H groups in total. The van der Waals surface area contributed by atoms with Crippen molar-refractivity contribution < 1.29 is 23.1 Å². The fourth-order valence-electron chi connectivity index (χ4n) is 2.30. The van der Waals surface area contributed by atoms with Gasteiger partial charge in [-0.25, -0.2) is 4.79 Å². The van der Waals surface area contributed by atoms with E-state index in [0.29, 0.717) is 5.69 Å². The molecule has 0 saturated carbocycles. The van der Waals surface area contributed by atoms with Crippen molar-refractivity contribution in [3.8, 4) is 0 Å². The monoisotopic (exact) mass is 379 g/mol. The van der Waals surface area contributed by atoms with E-state index in [2.05, 4.69) is 5.32 Å². The summed E-state index contributed by atoms with van der Waals surface area (Å²) in [6.45, 7) is 5.23. The predicted octanol–water partition coefficient (Wildman–Crippen LogP) is 4.80. The van der Waals surface area contributed by atoms with Crippen molar-refractivity contribution in [2.45, 2.75) is 37.5 Å². The number of esters is 1. The number of thioether (sulfide) groups is 1. The maximum absolute atomic E-state index is 12.6. The highest BCUT2D eigenvalue weighted by Gasteiger charge is 2.22. The van der Waals surface area contributed by atoms with E-state index < -0.39 is 23.7 Å². The lowest BCUT2D eigenvalue weighted by molar-refractivity contribution is -0.123. The predicted molar refractivity (Wildman–Crippen MR) is 97.7 cm³/mol. The van der Waals surface area contributed by atoms with Crippen LogP contribution in [0.5, 0.6) is 0 Å². The Morgan fingerprint density at radius 3 is 2.46 bits per heavy atom. The van der Waals surface area contributed by atoms with Gasteiger partial charge >= 0.3 is 5.97 Å². The van der Waals surface area contributed by atoms with Crippen molar-refractivity contribution in [3.05, 3.63) is 59.2 Å². The van der Waals surface area contributed by atoms with Gasteiger partial charge in [0.15, 0.2) is 6.10 Å². The number of amides is 1. The van der Waals surface area contributed by atoms with E-state index in [4.69, 9.17) is 4.74 Å². The Morgan fingerprint density at radius 1 is 1.12 bits per heavy atom. The zero-order chi connectivity index (χ0) is 19.3. The quantitative estimate of drug-likeness (QED) is 0.578. The van der Waals surface area contributed by atoms with Gasteiger partial charge in [-0.2, -0.15) is 8.78 Å². The average Bonchev–Trinajstić information content (AvgIpc) is 2.57. The third-order valence-corrected chi connectivity index (χ3v) is 4.40. The Morgan fingerprint density at radius 2 is 1.81 bits per heavy atom. The fourth-order valence-corrected chi connectivity index (χ4v) is 2.93. The van der Waals surface area contributed by atoms with Crippen LogP contribution in [0.25, 0.3) is 0 Å². The average molecular weight is 379 g/mol. The molecule has 1 amide bonds. The van der Waals surface area contributed by atoms with Gasteiger partial charge in [-0.15, -0.1) is 0 Å². The Bertz CT molecular complexity index is 811. The zero-order valence-corrected chi connectivity index (χ0v) is 15.4. The second-order valence-corrected chi connectivity index (χ2v) is 6.76. The van der Waals surface area contributed by atoms with E-state index >= 15 is 0 Å². The Kier molecular flexibility index (Phi) is 6.74. The molecule has 0 saturated heterocycles. The lowest BCUT2D eigenvalue weighted by Gasteiger charge is -2.16. The first-order valence-electron chi connectivity index (χ1n) is 7.91. The largest absolute Gasteiger partial charge is 0.449 e. The summed E-state index contributed by atoms with van der Waals surface area (Å²) in [6, 6.07) is 11.5. The molecule has 4 nitrogen and oxygen atoms in total. The molecule has 1 atom stereocenters. The number of carbonyl (C=O) groups excluding carboxylic acids is 2. The zero-order valence-electron chi connectivity index (χ0n) is 14.6. The second-order valence-electron chi connectivity index (χ2n) is 5.73. The first-order chi connectivity index (χ1) is 12.3. The summed E-state index contributed by atoms with van der Waals surface area (Å²) in [4.78, 5) is 24.6. The van der Waals surface area contributed by atoms with Crippen LogP contribution in [0.15, 0.2) is 47.4 Å². The number of hydrogen-bond donors (Lipinski definition) is 1. The molecule has 2 aromatic rings. The molecule has 0 unspecified atom stereocenters. The van der Waals surface area contributed by atoms with Gasteiger partial charge in [0.2, 0.25) is 0 Å². The molecular formula is C19H19F2NO3S. The maximum atomic E-state index is 12.6. The van der Waals surface area contributed by atoms with Gasteiger partial charge in [0, 0.05) is 10.6 Å². The highest BCUT2D eigenvalue weighted by Crippen LogP contribution is 2.29. The molecule has 2 aromatic carbocycles. The van der Waals surface area contributed by atoms with E-state index in [1.165, 1.54) is 19.1 Å². The van der Waals surface area contributed by atoms with Crippen molar-refractivity contribution in [2.75, 3.05) is 5.32 Å². The van der Waals surface area contributed by atoms with Crippen LogP contribution in [-0.4, -0.2) is 23.7 Å². The first kappa shape index (κ1) is 19.9. The van der Waals surface area contributed by atoms with E-state index in [-0.39, 0.29) is 22.2 Å². The molecule has 0 spiro atoms. The number of carbonyl (C=O) groups is 2. The topological polar surface area (TPSA) is 55.4 Å². The number of ether oxygens (including phenoxy) is 1. The number of anilines is 1. The molecule has 0 aliphatic carbocycles. The molecule has 2 rings (SSSR count). The Balaban J connectivity index is 2.06. The van der Waals surface area contributed by atoms with Gasteiger partial charge in [-0.3, -0.25) is 4.79 Å². The summed E-state index contributed by atoms with van der Waals surface area (Å²) in [5, 5.41) is 2.70. The van der Waals surface area contributed by atoms with Crippen LogP contribution in [0.2, 0.25) is 0 Å². The maximum Gasteiger partial charge on any atom is 0.340 e. The molecule has 0 fully saturated rings. The Labute approximate surface area is 154 Å². The third kappa shape index (κ3) is 5.29. The number of alkyl halides is 2. The number of rotatable bonds is 6. The van der Waals surface area contributed by atoms with Gasteiger partial charge in [0.25, 0.3) is 11.7 Å². The molecule has 0 aromatic heterocycles. The standard InChI is InChI=1S/C19H19F2NO3S/c1-11-8-9-15(12(2)10-11)22-17(23)13(3)25-18(24)14-6-4-5-7-16(14)26-19(20)21/h4-10,13,19H,1-3H3,(H,22,23)/t13-/m1/s1. The number of aryl methyl sites for hydroxylation is 2. The number of nitrogens with one attached hydrogen (secondary N) is 1. The lowest BCUT2D eigenvalue weighted by atomic mass is 10.1. The van der Waals surface area contributed by atoms with Crippen molar-refractivity contribution in [3.63, 3.8) is 0 Å². The van der Waals surface area contributed by atoms with Gasteiger partial charge < -0.3 is 10.1 Å². The summed E-state index contributed by atoms with van der Waals surface area (Å²) in [7, 11) is 0. The van der Waals surface area contributed by atoms with Crippen LogP contribution in [0.1, 0.15) is 28.4 Å². The summed E-state index contributed by atoms with van der Waals surface area (Å²) >= 11 is 0.260. The molecule has 0 aliphatic heterocycles. The van der Waals surface area contributed by atoms with Crippen molar-refractivity contribution in [1.82, 2.24) is 0 Å². The summed E-state index contributed by atoms with van der Waals surface area (Å²) < 4.78 is 30.4. The minimum Gasteiger partial charge on any atom is -0.449 e. The first-order valence-corrected chi connectivity index (χ1v) is 8.79. The fraction of sp³-hybridized carbons (Fsp3) is 0.263. The van der Waals surface area contributed by atoms with Crippen LogP contribution in [-0.2, 0) is 9.53 Å². The Hall–Kier alpha value is -2.41. The lowest BCUT2D eigenvalue weighted by Crippen LogP contribution is -2.30. The van der Waals surface area contributed by atoms with Crippen LogP contribution < -0.4 is 5.32 Å². The molecule has 26 heavy (non-hydrogen) atoms. The summed E-state index contributed by atoms with van der Waals surface area (Å²) in [5.74, 6) is -3.98. The van der Waals surface area contributed by atoms with Gasteiger partial charge in [0.05, 0.1) is 5.56 Å². The molecule has 138 valence electrons. The molecule has 0 aliphatic rings. The number of benzene rings is 2. The van der Waals surface area contributed by atoms with Gasteiger partial charge in [-0.05, 0) is 44.5 Å². The molecule has 0 heterocycles. The van der Waals surface area contributed by atoms with E-state index in [1.807, 2.05) is 26.0 Å². The molecule has 7 heteroatoms. The highest BCUT2D eigenvalue weighted by atomic mass is 32.2. The molecule has 0 bridgehead atoms. The van der Waals surface area contributed by atoms with Crippen LogP contribution in [0.4, 0.5) is 14.5 Å². The third-order valence-electron chi connectivity index (χ3n) is 3.62. The highest BCUT2D eigenvalue weighted by molar-refractivity contribution is 7.99. The minimum absolute atomic E-state index is 0.00367. The van der Waals surface area contributed by atoms with Crippen LogP contribution in [0.3, 0.4) is 0 Å². The van der Waals surface area contributed by atoms with Crippen LogP contribution >= 0.6 is 11.8 Å². The van der Waals surface area contributed by atoms with Crippen molar-refractivity contribution >= 4 is 29.3 Å². The number of hydrogen-bond acceptors (Lipinski definition) is 4.